The Kier molecular flexibility index (Phi) is 8.18. The molecule has 298 valence electrons. The van der Waals surface area contributed by atoms with Crippen molar-refractivity contribution in [3.05, 3.63) is 231 Å². The van der Waals surface area contributed by atoms with Gasteiger partial charge in [0.2, 0.25) is 0 Å². The van der Waals surface area contributed by atoms with Gasteiger partial charge in [-0.3, -0.25) is 0 Å². The topological polar surface area (TPSA) is 35.6 Å². The van der Waals surface area contributed by atoms with E-state index in [-0.39, 0.29) is 0 Å². The van der Waals surface area contributed by atoms with Crippen LogP contribution in [0.4, 0.5) is 0 Å². The maximum Gasteiger partial charge on any atom is 0.160 e. The number of rotatable bonds is 6. The molecule has 0 amide bonds. The molecule has 0 spiro atoms. The molecular weight excluding hydrogens is 777 g/mol. The van der Waals surface area contributed by atoms with E-state index < -0.39 is 0 Å². The molecule has 0 unspecified atom stereocenters. The quantitative estimate of drug-likeness (QED) is 0.168. The molecule has 4 nitrogen and oxygen atoms in total. The summed E-state index contributed by atoms with van der Waals surface area (Å²) >= 11 is 0. The highest BCUT2D eigenvalue weighted by Crippen LogP contribution is 2.42. The summed E-state index contributed by atoms with van der Waals surface area (Å²) in [6.45, 7) is 0. The van der Waals surface area contributed by atoms with E-state index in [1.807, 2.05) is 6.07 Å². The van der Waals surface area contributed by atoms with Gasteiger partial charge in [0.25, 0.3) is 0 Å². The van der Waals surface area contributed by atoms with E-state index in [9.17, 15) is 0 Å². The fraction of sp³-hybridized carbons (Fsp3) is 0. The van der Waals surface area contributed by atoms with E-state index in [0.29, 0.717) is 5.82 Å². The minimum absolute atomic E-state index is 0.695. The van der Waals surface area contributed by atoms with Crippen molar-refractivity contribution >= 4 is 65.3 Å². The van der Waals surface area contributed by atoms with Crippen molar-refractivity contribution < 1.29 is 0 Å². The third-order valence-corrected chi connectivity index (χ3v) is 12.9. The maximum absolute atomic E-state index is 5.44. The highest BCUT2D eigenvalue weighted by molar-refractivity contribution is 6.21. The number of aromatic nitrogens is 4. The largest absolute Gasteiger partial charge is 0.309 e. The first-order chi connectivity index (χ1) is 31.7. The van der Waals surface area contributed by atoms with Crippen LogP contribution in [0.2, 0.25) is 0 Å². The van der Waals surface area contributed by atoms with Crippen molar-refractivity contribution in [1.29, 1.82) is 0 Å². The van der Waals surface area contributed by atoms with Gasteiger partial charge in [-0.2, -0.15) is 0 Å². The lowest BCUT2D eigenvalue weighted by atomic mass is 9.99. The first-order valence-electron chi connectivity index (χ1n) is 21.8. The molecule has 0 atom stereocenters. The van der Waals surface area contributed by atoms with Crippen molar-refractivity contribution in [2.24, 2.45) is 0 Å². The third kappa shape index (κ3) is 5.84. The molecule has 0 aliphatic rings. The van der Waals surface area contributed by atoms with Crippen LogP contribution in [-0.2, 0) is 0 Å². The molecule has 64 heavy (non-hydrogen) atoms. The molecule has 13 rings (SSSR count). The molecule has 0 N–H and O–H groups in total. The minimum Gasteiger partial charge on any atom is -0.309 e. The van der Waals surface area contributed by atoms with Crippen LogP contribution in [0.15, 0.2) is 231 Å². The summed E-state index contributed by atoms with van der Waals surface area (Å²) in [6.07, 6.45) is 0. The van der Waals surface area contributed by atoms with Crippen LogP contribution in [0.25, 0.3) is 122 Å². The number of hydrogen-bond donors (Lipinski definition) is 0. The van der Waals surface area contributed by atoms with Gasteiger partial charge in [0.1, 0.15) is 0 Å². The predicted molar refractivity (Wildman–Crippen MR) is 267 cm³/mol. The van der Waals surface area contributed by atoms with Crippen molar-refractivity contribution in [1.82, 2.24) is 19.1 Å². The van der Waals surface area contributed by atoms with Crippen LogP contribution < -0.4 is 0 Å². The summed E-state index contributed by atoms with van der Waals surface area (Å²) in [7, 11) is 0. The number of hydrogen-bond acceptors (Lipinski definition) is 2. The predicted octanol–water partition coefficient (Wildman–Crippen LogP) is 15.6. The second-order valence-electron chi connectivity index (χ2n) is 16.6. The van der Waals surface area contributed by atoms with Gasteiger partial charge in [0, 0.05) is 49.4 Å². The molecule has 0 fully saturated rings. The number of benzene rings is 10. The summed E-state index contributed by atoms with van der Waals surface area (Å²) in [5.74, 6) is 0.695. The fourth-order valence-electron chi connectivity index (χ4n) is 9.82. The fourth-order valence-corrected chi connectivity index (χ4v) is 9.82. The summed E-state index contributed by atoms with van der Waals surface area (Å²) in [4.78, 5) is 10.7. The van der Waals surface area contributed by atoms with Gasteiger partial charge >= 0.3 is 0 Å². The van der Waals surface area contributed by atoms with E-state index in [0.717, 1.165) is 66.8 Å². The summed E-state index contributed by atoms with van der Waals surface area (Å²) in [5, 5.41) is 8.35. The lowest BCUT2D eigenvalue weighted by molar-refractivity contribution is 1.16. The molecular formula is C60H38N4. The van der Waals surface area contributed by atoms with Crippen molar-refractivity contribution in [2.45, 2.75) is 0 Å². The standard InChI is InChI=1S/C60H38N4/c1-4-15-39(16-5-1)41-27-29-42(30-28-41)60-61-54-32-31-48(36-53(54)59(62-60)46-22-14-21-43(33-46)40-17-6-2-7-18-40)64-55-26-13-12-25-49(55)51-37-52-50-34-44-19-10-11-20-45(44)35-56(50)63(58(52)38-57(51)64)47-23-8-3-9-24-47/h1-38H. The van der Waals surface area contributed by atoms with E-state index >= 15 is 0 Å². The van der Waals surface area contributed by atoms with Crippen molar-refractivity contribution in [3.63, 3.8) is 0 Å². The van der Waals surface area contributed by atoms with Crippen LogP contribution in [0.1, 0.15) is 0 Å². The van der Waals surface area contributed by atoms with Crippen LogP contribution >= 0.6 is 0 Å². The lowest BCUT2D eigenvalue weighted by Crippen LogP contribution is -1.99. The minimum atomic E-state index is 0.695. The summed E-state index contributed by atoms with van der Waals surface area (Å²) in [5.41, 5.74) is 15.3. The Morgan fingerprint density at radius 1 is 0.266 bits per heavy atom. The van der Waals surface area contributed by atoms with Crippen molar-refractivity contribution in [3.8, 4) is 56.3 Å². The average molecular weight is 815 g/mol. The van der Waals surface area contributed by atoms with E-state index in [1.165, 1.54) is 48.9 Å². The Balaban J connectivity index is 1.05. The molecule has 4 heteroatoms. The van der Waals surface area contributed by atoms with E-state index in [4.69, 9.17) is 9.97 Å². The Morgan fingerprint density at radius 2 is 0.812 bits per heavy atom. The average Bonchev–Trinajstić information content (AvgIpc) is 3.86. The van der Waals surface area contributed by atoms with Crippen LogP contribution in [0.3, 0.4) is 0 Å². The lowest BCUT2D eigenvalue weighted by Gasteiger charge is -2.14. The maximum atomic E-state index is 5.44. The monoisotopic (exact) mass is 814 g/mol. The molecule has 0 saturated carbocycles. The van der Waals surface area contributed by atoms with Gasteiger partial charge in [-0.25, -0.2) is 9.97 Å². The molecule has 0 radical (unpaired) electrons. The van der Waals surface area contributed by atoms with E-state index in [2.05, 4.69) is 234 Å². The van der Waals surface area contributed by atoms with Gasteiger partial charge in [0.05, 0.1) is 33.3 Å². The zero-order chi connectivity index (χ0) is 42.1. The number of nitrogens with zero attached hydrogens (tertiary/aromatic N) is 4. The van der Waals surface area contributed by atoms with Gasteiger partial charge in [-0.1, -0.05) is 164 Å². The molecule has 0 aliphatic carbocycles. The smallest absolute Gasteiger partial charge is 0.160 e. The van der Waals surface area contributed by atoms with Crippen molar-refractivity contribution in [2.75, 3.05) is 0 Å². The normalized spacial score (nSPS) is 11.8. The first kappa shape index (κ1) is 36.1. The van der Waals surface area contributed by atoms with Crippen LogP contribution in [0.5, 0.6) is 0 Å². The second kappa shape index (κ2) is 14.5. The molecule has 3 aromatic heterocycles. The molecule has 13 aromatic rings. The Bertz CT molecular complexity index is 3920. The zero-order valence-corrected chi connectivity index (χ0v) is 34.7. The Hall–Kier alpha value is -8.60. The second-order valence-corrected chi connectivity index (χ2v) is 16.6. The molecule has 0 aliphatic heterocycles. The third-order valence-electron chi connectivity index (χ3n) is 12.9. The highest BCUT2D eigenvalue weighted by Gasteiger charge is 2.21. The SMILES string of the molecule is c1ccc(-c2ccc(-c3nc(-c4cccc(-c5ccccc5)c4)c4cc(-n5c6ccccc6c6cc7c8cc9ccccc9cc8n(-c8ccccc8)c7cc65)ccc4n3)cc2)cc1. The van der Waals surface area contributed by atoms with Crippen LogP contribution in [-0.4, -0.2) is 19.1 Å². The molecule has 3 heterocycles. The Morgan fingerprint density at radius 3 is 1.58 bits per heavy atom. The highest BCUT2D eigenvalue weighted by atomic mass is 15.0. The van der Waals surface area contributed by atoms with Gasteiger partial charge in [-0.05, 0) is 99.8 Å². The number of fused-ring (bicyclic) bond motifs is 8. The molecule has 10 aromatic carbocycles. The number of para-hydroxylation sites is 2. The zero-order valence-electron chi connectivity index (χ0n) is 34.7. The Labute approximate surface area is 369 Å². The van der Waals surface area contributed by atoms with Gasteiger partial charge in [-0.15, -0.1) is 0 Å². The summed E-state index contributed by atoms with van der Waals surface area (Å²) in [6, 6.07) is 82.8. The van der Waals surface area contributed by atoms with E-state index in [1.54, 1.807) is 0 Å². The molecule has 0 bridgehead atoms. The van der Waals surface area contributed by atoms with Gasteiger partial charge in [0.15, 0.2) is 5.82 Å². The first-order valence-corrected chi connectivity index (χ1v) is 21.8. The van der Waals surface area contributed by atoms with Crippen LogP contribution in [0, 0.1) is 0 Å². The summed E-state index contributed by atoms with van der Waals surface area (Å²) < 4.78 is 4.85. The van der Waals surface area contributed by atoms with Gasteiger partial charge < -0.3 is 9.13 Å². The molecule has 0 saturated heterocycles.